The summed E-state index contributed by atoms with van der Waals surface area (Å²) >= 11 is 5.55. The molecule has 1 fully saturated rings. The highest BCUT2D eigenvalue weighted by molar-refractivity contribution is 6.30. The summed E-state index contributed by atoms with van der Waals surface area (Å²) in [7, 11) is 0. The zero-order valence-electron chi connectivity index (χ0n) is 9.50. The molecule has 6 heteroatoms. The Labute approximate surface area is 108 Å². The highest BCUT2D eigenvalue weighted by Crippen LogP contribution is 2.33. The van der Waals surface area contributed by atoms with E-state index in [0.29, 0.717) is 25.1 Å². The van der Waals surface area contributed by atoms with Gasteiger partial charge >= 0.3 is 0 Å². The molecule has 0 amide bonds. The van der Waals surface area contributed by atoms with Crippen LogP contribution < -0.4 is 0 Å². The minimum absolute atomic E-state index is 0.0998. The molecule has 0 saturated carbocycles. The van der Waals surface area contributed by atoms with Gasteiger partial charge in [0, 0.05) is 18.9 Å². The quantitative estimate of drug-likeness (QED) is 0.735. The molecule has 96 valence electrons. The molecule has 0 N–H and O–H groups in total. The summed E-state index contributed by atoms with van der Waals surface area (Å²) in [6.07, 6.45) is 0.567. The van der Waals surface area contributed by atoms with Crippen LogP contribution in [0.25, 0.3) is 0 Å². The van der Waals surface area contributed by atoms with E-state index in [1.165, 1.54) is 6.07 Å². The van der Waals surface area contributed by atoms with Crippen molar-refractivity contribution in [3.05, 3.63) is 34.4 Å². The lowest BCUT2D eigenvalue weighted by atomic mass is 9.97. The SMILES string of the molecule is Fc1cc(C2CC3=NOCCN3C2)c(F)cc1Cl. The fraction of sp³-hybridized carbons (Fsp3) is 0.417. The van der Waals surface area contributed by atoms with E-state index in [2.05, 4.69) is 5.16 Å². The van der Waals surface area contributed by atoms with Crippen LogP contribution >= 0.6 is 11.6 Å². The number of hydrogen-bond donors (Lipinski definition) is 0. The Balaban J connectivity index is 1.91. The Kier molecular flexibility index (Phi) is 2.86. The topological polar surface area (TPSA) is 24.8 Å². The number of benzene rings is 1. The molecule has 3 rings (SSSR count). The molecule has 1 aromatic rings. The van der Waals surface area contributed by atoms with Crippen molar-refractivity contribution in [1.29, 1.82) is 0 Å². The zero-order valence-corrected chi connectivity index (χ0v) is 10.3. The first-order valence-corrected chi connectivity index (χ1v) is 6.11. The van der Waals surface area contributed by atoms with E-state index < -0.39 is 11.6 Å². The van der Waals surface area contributed by atoms with Gasteiger partial charge in [-0.1, -0.05) is 16.8 Å². The van der Waals surface area contributed by atoms with Gasteiger partial charge in [-0.15, -0.1) is 0 Å². The van der Waals surface area contributed by atoms with E-state index in [1.807, 2.05) is 4.90 Å². The van der Waals surface area contributed by atoms with E-state index in [9.17, 15) is 8.78 Å². The van der Waals surface area contributed by atoms with Crippen molar-refractivity contribution in [1.82, 2.24) is 4.90 Å². The van der Waals surface area contributed by atoms with Crippen LogP contribution in [0.2, 0.25) is 5.02 Å². The van der Waals surface area contributed by atoms with Crippen LogP contribution in [-0.2, 0) is 4.84 Å². The van der Waals surface area contributed by atoms with Crippen LogP contribution in [-0.4, -0.2) is 30.4 Å². The molecule has 2 aliphatic heterocycles. The summed E-state index contributed by atoms with van der Waals surface area (Å²) in [5.74, 6) is -0.345. The van der Waals surface area contributed by atoms with E-state index >= 15 is 0 Å². The molecule has 1 atom stereocenters. The van der Waals surface area contributed by atoms with Crippen molar-refractivity contribution in [2.45, 2.75) is 12.3 Å². The molecule has 0 spiro atoms. The average Bonchev–Trinajstić information content (AvgIpc) is 2.77. The molecule has 0 radical (unpaired) electrons. The zero-order chi connectivity index (χ0) is 12.7. The number of nitrogens with zero attached hydrogens (tertiary/aromatic N) is 2. The number of amidine groups is 1. The Hall–Kier alpha value is -1.36. The van der Waals surface area contributed by atoms with Crippen LogP contribution in [0, 0.1) is 11.6 Å². The van der Waals surface area contributed by atoms with Gasteiger partial charge < -0.3 is 9.74 Å². The lowest BCUT2D eigenvalue weighted by Crippen LogP contribution is -2.32. The van der Waals surface area contributed by atoms with Crippen molar-refractivity contribution in [2.24, 2.45) is 5.16 Å². The monoisotopic (exact) mass is 272 g/mol. The summed E-state index contributed by atoms with van der Waals surface area (Å²) in [6, 6.07) is 2.21. The predicted molar refractivity (Wildman–Crippen MR) is 63.7 cm³/mol. The average molecular weight is 273 g/mol. The second kappa shape index (κ2) is 4.39. The van der Waals surface area contributed by atoms with Gasteiger partial charge in [-0.05, 0) is 17.7 Å². The first-order valence-electron chi connectivity index (χ1n) is 5.73. The minimum atomic E-state index is -0.587. The van der Waals surface area contributed by atoms with Gasteiger partial charge in [-0.25, -0.2) is 8.78 Å². The number of hydrogen-bond acceptors (Lipinski definition) is 3. The molecule has 0 bridgehead atoms. The highest BCUT2D eigenvalue weighted by Gasteiger charge is 2.33. The molecular weight excluding hydrogens is 262 g/mol. The number of halogens is 3. The minimum Gasteiger partial charge on any atom is -0.392 e. The third-order valence-corrected chi connectivity index (χ3v) is 3.63. The van der Waals surface area contributed by atoms with E-state index in [-0.39, 0.29) is 10.9 Å². The number of rotatable bonds is 1. The second-order valence-electron chi connectivity index (χ2n) is 4.48. The molecule has 0 aliphatic carbocycles. The Bertz CT molecular complexity index is 521. The van der Waals surface area contributed by atoms with E-state index in [1.54, 1.807) is 0 Å². The lowest BCUT2D eigenvalue weighted by Gasteiger charge is -2.21. The Morgan fingerprint density at radius 1 is 1.33 bits per heavy atom. The van der Waals surface area contributed by atoms with Gasteiger partial charge in [0.15, 0.2) is 0 Å². The van der Waals surface area contributed by atoms with E-state index in [4.69, 9.17) is 16.4 Å². The van der Waals surface area contributed by atoms with Crippen molar-refractivity contribution < 1.29 is 13.6 Å². The maximum absolute atomic E-state index is 13.8. The Morgan fingerprint density at radius 2 is 2.17 bits per heavy atom. The molecule has 1 aromatic carbocycles. The fourth-order valence-corrected chi connectivity index (χ4v) is 2.58. The van der Waals surface area contributed by atoms with Crippen molar-refractivity contribution in [3.63, 3.8) is 0 Å². The maximum Gasteiger partial charge on any atom is 0.145 e. The van der Waals surface area contributed by atoms with Crippen LogP contribution in [0.1, 0.15) is 17.9 Å². The van der Waals surface area contributed by atoms with Crippen LogP contribution in [0.4, 0.5) is 8.78 Å². The van der Waals surface area contributed by atoms with Crippen molar-refractivity contribution in [2.75, 3.05) is 19.7 Å². The first-order chi connectivity index (χ1) is 8.65. The molecule has 1 unspecified atom stereocenters. The lowest BCUT2D eigenvalue weighted by molar-refractivity contribution is 0.106. The summed E-state index contributed by atoms with van der Waals surface area (Å²) in [4.78, 5) is 7.04. The summed E-state index contributed by atoms with van der Waals surface area (Å²) in [5.41, 5.74) is 0.356. The maximum atomic E-state index is 13.8. The second-order valence-corrected chi connectivity index (χ2v) is 4.88. The van der Waals surface area contributed by atoms with Crippen LogP contribution in [0.5, 0.6) is 0 Å². The molecular formula is C12H11ClF2N2O. The predicted octanol–water partition coefficient (Wildman–Crippen LogP) is 2.75. The van der Waals surface area contributed by atoms with Gasteiger partial charge in [0.2, 0.25) is 0 Å². The molecule has 3 nitrogen and oxygen atoms in total. The number of fused-ring (bicyclic) bond motifs is 1. The van der Waals surface area contributed by atoms with Gasteiger partial charge in [0.25, 0.3) is 0 Å². The van der Waals surface area contributed by atoms with Gasteiger partial charge in [0.05, 0.1) is 11.6 Å². The third kappa shape index (κ3) is 1.92. The van der Waals surface area contributed by atoms with Crippen LogP contribution in [0.3, 0.4) is 0 Å². The number of oxime groups is 1. The smallest absolute Gasteiger partial charge is 0.145 e. The molecule has 18 heavy (non-hydrogen) atoms. The molecule has 1 saturated heterocycles. The van der Waals surface area contributed by atoms with Crippen LogP contribution in [0.15, 0.2) is 17.3 Å². The fourth-order valence-electron chi connectivity index (χ4n) is 2.43. The summed E-state index contributed by atoms with van der Waals surface area (Å²) in [5, 5.41) is 3.75. The summed E-state index contributed by atoms with van der Waals surface area (Å²) in [6.45, 7) is 1.92. The summed E-state index contributed by atoms with van der Waals surface area (Å²) < 4.78 is 27.2. The molecule has 2 heterocycles. The highest BCUT2D eigenvalue weighted by atomic mass is 35.5. The van der Waals surface area contributed by atoms with Crippen molar-refractivity contribution in [3.8, 4) is 0 Å². The van der Waals surface area contributed by atoms with E-state index in [0.717, 1.165) is 18.4 Å². The van der Waals surface area contributed by atoms with Gasteiger partial charge in [0.1, 0.15) is 24.1 Å². The standard InChI is InChI=1S/C12H11ClF2N2O/c13-9-5-10(14)8(4-11(9)15)7-3-12-16-18-2-1-17(12)6-7/h4-5,7H,1-3,6H2. The Morgan fingerprint density at radius 3 is 2.94 bits per heavy atom. The largest absolute Gasteiger partial charge is 0.392 e. The molecule has 2 aliphatic rings. The van der Waals surface area contributed by atoms with Crippen molar-refractivity contribution >= 4 is 17.4 Å². The normalized spacial score (nSPS) is 22.5. The van der Waals surface area contributed by atoms with Gasteiger partial charge in [-0.2, -0.15) is 0 Å². The van der Waals surface area contributed by atoms with Gasteiger partial charge in [-0.3, -0.25) is 0 Å². The first kappa shape index (κ1) is 11.7. The molecule has 0 aromatic heterocycles. The third-order valence-electron chi connectivity index (χ3n) is 3.34.